The maximum atomic E-state index is 10.5. The van der Waals surface area contributed by atoms with Crippen molar-refractivity contribution in [3.8, 4) is 11.5 Å². The quantitative estimate of drug-likeness (QED) is 0.790. The Bertz CT molecular complexity index is 490. The summed E-state index contributed by atoms with van der Waals surface area (Å²) in [5.74, 6) is -0.215. The molecule has 0 aliphatic carbocycles. The number of hydrogen-bond donors (Lipinski definition) is 1. The van der Waals surface area contributed by atoms with Crippen LogP contribution in [0.2, 0.25) is 0 Å². The van der Waals surface area contributed by atoms with E-state index >= 15 is 0 Å². The third-order valence-electron chi connectivity index (χ3n) is 1.76. The zero-order valence-electron chi connectivity index (χ0n) is 7.84. The van der Waals surface area contributed by atoms with Crippen molar-refractivity contribution < 1.29 is 14.4 Å². The Balaban J connectivity index is 2.35. The first-order valence-electron chi connectivity index (χ1n) is 4.17. The van der Waals surface area contributed by atoms with Crippen LogP contribution in [0, 0.1) is 6.92 Å². The van der Waals surface area contributed by atoms with Crippen LogP contribution in [0.25, 0.3) is 11.5 Å². The Morgan fingerprint density at radius 3 is 2.73 bits per heavy atom. The van der Waals surface area contributed by atoms with Gasteiger partial charge in [0.15, 0.2) is 5.82 Å². The van der Waals surface area contributed by atoms with Crippen molar-refractivity contribution in [1.29, 1.82) is 0 Å². The van der Waals surface area contributed by atoms with Crippen LogP contribution in [0.3, 0.4) is 0 Å². The van der Waals surface area contributed by atoms with E-state index < -0.39 is 5.97 Å². The van der Waals surface area contributed by atoms with Gasteiger partial charge in [0.25, 0.3) is 5.89 Å². The fraction of sp³-hybridized carbons (Fsp3) is 0.111. The Labute approximate surface area is 84.6 Å². The maximum Gasteiger partial charge on any atom is 0.354 e. The second kappa shape index (κ2) is 3.49. The second-order valence-electron chi connectivity index (χ2n) is 2.88. The number of rotatable bonds is 2. The maximum absolute atomic E-state index is 10.5. The Morgan fingerprint density at radius 1 is 1.47 bits per heavy atom. The van der Waals surface area contributed by atoms with Crippen LogP contribution in [-0.2, 0) is 0 Å². The van der Waals surface area contributed by atoms with Gasteiger partial charge in [-0.25, -0.2) is 9.78 Å². The van der Waals surface area contributed by atoms with E-state index in [0.29, 0.717) is 17.3 Å². The standard InChI is InChI=1S/C9H7N3O3/c1-5-11-8(15-12-5)6-2-3-7(9(13)14)10-4-6/h2-4H,1H3,(H,13,14). The largest absolute Gasteiger partial charge is 0.477 e. The fourth-order valence-electron chi connectivity index (χ4n) is 1.06. The van der Waals surface area contributed by atoms with E-state index in [2.05, 4.69) is 15.1 Å². The summed E-state index contributed by atoms with van der Waals surface area (Å²) in [5, 5.41) is 12.3. The van der Waals surface area contributed by atoms with Crippen LogP contribution in [0.1, 0.15) is 16.3 Å². The summed E-state index contributed by atoms with van der Waals surface area (Å²) in [5.41, 5.74) is 0.579. The predicted octanol–water partition coefficient (Wildman–Crippen LogP) is 1.14. The molecule has 2 aromatic rings. The van der Waals surface area contributed by atoms with Crippen molar-refractivity contribution in [2.45, 2.75) is 6.92 Å². The fourth-order valence-corrected chi connectivity index (χ4v) is 1.06. The molecule has 0 amide bonds. The van der Waals surface area contributed by atoms with E-state index in [1.165, 1.54) is 12.3 Å². The molecular weight excluding hydrogens is 198 g/mol. The highest BCUT2D eigenvalue weighted by molar-refractivity contribution is 5.85. The molecule has 0 aliphatic heterocycles. The number of carbonyl (C=O) groups is 1. The van der Waals surface area contributed by atoms with E-state index in [0.717, 1.165) is 0 Å². The van der Waals surface area contributed by atoms with Gasteiger partial charge in [-0.2, -0.15) is 4.98 Å². The van der Waals surface area contributed by atoms with E-state index in [4.69, 9.17) is 9.63 Å². The van der Waals surface area contributed by atoms with Crippen molar-refractivity contribution >= 4 is 5.97 Å². The molecule has 6 heteroatoms. The summed E-state index contributed by atoms with van der Waals surface area (Å²) in [6.07, 6.45) is 1.39. The summed E-state index contributed by atoms with van der Waals surface area (Å²) in [6.45, 7) is 1.70. The minimum absolute atomic E-state index is 0.0185. The molecule has 76 valence electrons. The summed E-state index contributed by atoms with van der Waals surface area (Å²) >= 11 is 0. The molecule has 0 fully saturated rings. The monoisotopic (exact) mass is 205 g/mol. The first kappa shape index (κ1) is 9.32. The number of pyridine rings is 1. The van der Waals surface area contributed by atoms with Gasteiger partial charge in [0.2, 0.25) is 0 Å². The third-order valence-corrected chi connectivity index (χ3v) is 1.76. The topological polar surface area (TPSA) is 89.1 Å². The molecule has 0 bridgehead atoms. The van der Waals surface area contributed by atoms with Gasteiger partial charge in [-0.05, 0) is 19.1 Å². The van der Waals surface area contributed by atoms with Crippen LogP contribution in [0.4, 0.5) is 0 Å². The molecule has 2 heterocycles. The molecule has 1 N–H and O–H groups in total. The Kier molecular flexibility index (Phi) is 2.17. The van der Waals surface area contributed by atoms with Crippen molar-refractivity contribution in [3.05, 3.63) is 29.8 Å². The molecule has 0 saturated heterocycles. The third kappa shape index (κ3) is 1.83. The average molecular weight is 205 g/mol. The number of aryl methyl sites for hydroxylation is 1. The van der Waals surface area contributed by atoms with Crippen molar-refractivity contribution in [3.63, 3.8) is 0 Å². The minimum atomic E-state index is -1.07. The molecule has 0 aromatic carbocycles. The van der Waals surface area contributed by atoms with Gasteiger partial charge in [-0.15, -0.1) is 0 Å². The van der Waals surface area contributed by atoms with Crippen molar-refractivity contribution in [2.24, 2.45) is 0 Å². The highest BCUT2D eigenvalue weighted by Gasteiger charge is 2.08. The number of carboxylic acids is 1. The van der Waals surface area contributed by atoms with Gasteiger partial charge in [-0.3, -0.25) is 0 Å². The number of nitrogens with zero attached hydrogens (tertiary/aromatic N) is 3. The zero-order valence-corrected chi connectivity index (χ0v) is 7.84. The summed E-state index contributed by atoms with van der Waals surface area (Å²) in [7, 11) is 0. The van der Waals surface area contributed by atoms with Crippen LogP contribution < -0.4 is 0 Å². The summed E-state index contributed by atoms with van der Waals surface area (Å²) < 4.78 is 4.90. The molecule has 2 aromatic heterocycles. The average Bonchev–Trinajstić information content (AvgIpc) is 2.65. The van der Waals surface area contributed by atoms with Crippen LogP contribution in [0.15, 0.2) is 22.9 Å². The molecule has 0 unspecified atom stereocenters. The molecule has 2 rings (SSSR count). The number of aromatic nitrogens is 3. The Hall–Kier alpha value is -2.24. The number of carboxylic acid groups (broad SMARTS) is 1. The lowest BCUT2D eigenvalue weighted by Gasteiger charge is -1.94. The van der Waals surface area contributed by atoms with Crippen LogP contribution >= 0.6 is 0 Å². The normalized spacial score (nSPS) is 10.2. The molecule has 0 spiro atoms. The molecule has 0 saturated carbocycles. The SMILES string of the molecule is Cc1noc(-c2ccc(C(=O)O)nc2)n1. The first-order chi connectivity index (χ1) is 7.16. The van der Waals surface area contributed by atoms with Crippen molar-refractivity contribution in [1.82, 2.24) is 15.1 Å². The lowest BCUT2D eigenvalue weighted by atomic mass is 10.2. The summed E-state index contributed by atoms with van der Waals surface area (Å²) in [6, 6.07) is 2.96. The Morgan fingerprint density at radius 2 is 2.27 bits per heavy atom. The van der Waals surface area contributed by atoms with Gasteiger partial charge < -0.3 is 9.63 Å². The van der Waals surface area contributed by atoms with Gasteiger partial charge in [0, 0.05) is 6.20 Å². The smallest absolute Gasteiger partial charge is 0.354 e. The zero-order chi connectivity index (χ0) is 10.8. The predicted molar refractivity (Wildman–Crippen MR) is 49.2 cm³/mol. The van der Waals surface area contributed by atoms with Crippen LogP contribution in [-0.4, -0.2) is 26.2 Å². The lowest BCUT2D eigenvalue weighted by molar-refractivity contribution is 0.0690. The van der Waals surface area contributed by atoms with E-state index in [9.17, 15) is 4.79 Å². The van der Waals surface area contributed by atoms with Gasteiger partial charge >= 0.3 is 5.97 Å². The molecular formula is C9H7N3O3. The minimum Gasteiger partial charge on any atom is -0.477 e. The van der Waals surface area contributed by atoms with Gasteiger partial charge in [0.05, 0.1) is 5.56 Å². The molecule has 15 heavy (non-hydrogen) atoms. The molecule has 0 atom stereocenters. The summed E-state index contributed by atoms with van der Waals surface area (Å²) in [4.78, 5) is 18.3. The van der Waals surface area contributed by atoms with Crippen LogP contribution in [0.5, 0.6) is 0 Å². The molecule has 0 aliphatic rings. The van der Waals surface area contributed by atoms with Gasteiger partial charge in [0.1, 0.15) is 5.69 Å². The second-order valence-corrected chi connectivity index (χ2v) is 2.88. The van der Waals surface area contributed by atoms with E-state index in [-0.39, 0.29) is 5.69 Å². The van der Waals surface area contributed by atoms with E-state index in [1.807, 2.05) is 0 Å². The molecule has 0 radical (unpaired) electrons. The van der Waals surface area contributed by atoms with E-state index in [1.54, 1.807) is 13.0 Å². The number of aromatic carboxylic acids is 1. The number of hydrogen-bond acceptors (Lipinski definition) is 5. The van der Waals surface area contributed by atoms with Crippen molar-refractivity contribution in [2.75, 3.05) is 0 Å². The highest BCUT2D eigenvalue weighted by Crippen LogP contribution is 2.15. The molecule has 6 nitrogen and oxygen atoms in total. The highest BCUT2D eigenvalue weighted by atomic mass is 16.5. The first-order valence-corrected chi connectivity index (χ1v) is 4.17. The van der Waals surface area contributed by atoms with Gasteiger partial charge in [-0.1, -0.05) is 5.16 Å². The lowest BCUT2D eigenvalue weighted by Crippen LogP contribution is -1.99.